The fourth-order valence-corrected chi connectivity index (χ4v) is 3.66. The number of hydrogen-bond acceptors (Lipinski definition) is 3. The quantitative estimate of drug-likeness (QED) is 0.580. The standard InChI is InChI=1S/C24H30Cl2N2O3/c1-14(2)27-24(30)18(6)28(12-19-7-8-20(25)11-21(19)26)23(29)13-31-22-10-15(3)9-16(4)17(22)5/h7-11,14,18H,12-13H2,1-6H3,(H,27,30). The van der Waals surface area contributed by atoms with Crippen molar-refractivity contribution in [3.8, 4) is 5.75 Å². The number of amides is 2. The third-order valence-electron chi connectivity index (χ3n) is 5.07. The van der Waals surface area contributed by atoms with Crippen molar-refractivity contribution < 1.29 is 14.3 Å². The summed E-state index contributed by atoms with van der Waals surface area (Å²) in [4.78, 5) is 27.3. The lowest BCUT2D eigenvalue weighted by Gasteiger charge is -2.29. The normalized spacial score (nSPS) is 11.9. The topological polar surface area (TPSA) is 58.6 Å². The molecule has 7 heteroatoms. The van der Waals surface area contributed by atoms with E-state index in [9.17, 15) is 9.59 Å². The molecule has 0 radical (unpaired) electrons. The van der Waals surface area contributed by atoms with Gasteiger partial charge in [0.05, 0.1) is 0 Å². The van der Waals surface area contributed by atoms with Crippen molar-refractivity contribution in [2.24, 2.45) is 0 Å². The van der Waals surface area contributed by atoms with Crippen LogP contribution in [0.2, 0.25) is 10.0 Å². The Balaban J connectivity index is 2.26. The smallest absolute Gasteiger partial charge is 0.261 e. The SMILES string of the molecule is Cc1cc(C)c(C)c(OCC(=O)N(Cc2ccc(Cl)cc2Cl)C(C)C(=O)NC(C)C)c1. The lowest BCUT2D eigenvalue weighted by Crippen LogP contribution is -2.50. The highest BCUT2D eigenvalue weighted by atomic mass is 35.5. The van der Waals surface area contributed by atoms with Crippen molar-refractivity contribution in [1.82, 2.24) is 10.2 Å². The predicted molar refractivity (Wildman–Crippen MR) is 126 cm³/mol. The third kappa shape index (κ3) is 6.88. The first-order chi connectivity index (χ1) is 14.5. The van der Waals surface area contributed by atoms with Gasteiger partial charge in [0.2, 0.25) is 5.91 Å². The van der Waals surface area contributed by atoms with Crippen molar-refractivity contribution >= 4 is 35.0 Å². The molecule has 0 heterocycles. The summed E-state index contributed by atoms with van der Waals surface area (Å²) in [6, 6.07) is 8.31. The van der Waals surface area contributed by atoms with E-state index < -0.39 is 6.04 Å². The number of rotatable bonds is 8. The molecule has 2 amide bonds. The molecule has 31 heavy (non-hydrogen) atoms. The highest BCUT2D eigenvalue weighted by Gasteiger charge is 2.27. The van der Waals surface area contributed by atoms with E-state index in [2.05, 4.69) is 11.4 Å². The van der Waals surface area contributed by atoms with Crippen molar-refractivity contribution in [3.63, 3.8) is 0 Å². The second-order valence-corrected chi connectivity index (χ2v) is 8.93. The minimum Gasteiger partial charge on any atom is -0.483 e. The van der Waals surface area contributed by atoms with Crippen LogP contribution in [-0.4, -0.2) is 35.4 Å². The van der Waals surface area contributed by atoms with Gasteiger partial charge in [0.1, 0.15) is 11.8 Å². The minimum atomic E-state index is -0.703. The van der Waals surface area contributed by atoms with Crippen LogP contribution in [0.3, 0.4) is 0 Å². The molecule has 0 aromatic heterocycles. The Bertz CT molecular complexity index is 960. The second kappa shape index (κ2) is 10.9. The Morgan fingerprint density at radius 2 is 1.74 bits per heavy atom. The molecule has 1 unspecified atom stereocenters. The molecule has 0 saturated heterocycles. The summed E-state index contributed by atoms with van der Waals surface area (Å²) < 4.78 is 5.86. The lowest BCUT2D eigenvalue weighted by atomic mass is 10.1. The lowest BCUT2D eigenvalue weighted by molar-refractivity contribution is -0.142. The van der Waals surface area contributed by atoms with Crippen LogP contribution in [0, 0.1) is 20.8 Å². The molecule has 0 saturated carbocycles. The van der Waals surface area contributed by atoms with Crippen molar-refractivity contribution in [1.29, 1.82) is 0 Å². The molecular formula is C24H30Cl2N2O3. The zero-order valence-electron chi connectivity index (χ0n) is 18.9. The first-order valence-corrected chi connectivity index (χ1v) is 11.0. The van der Waals surface area contributed by atoms with Crippen molar-refractivity contribution in [2.45, 2.75) is 60.2 Å². The zero-order valence-corrected chi connectivity index (χ0v) is 20.4. The van der Waals surface area contributed by atoms with Crippen LogP contribution in [-0.2, 0) is 16.1 Å². The second-order valence-electron chi connectivity index (χ2n) is 8.09. The monoisotopic (exact) mass is 464 g/mol. The van der Waals surface area contributed by atoms with Crippen LogP contribution in [0.15, 0.2) is 30.3 Å². The van der Waals surface area contributed by atoms with Gasteiger partial charge in [-0.3, -0.25) is 9.59 Å². The summed E-state index contributed by atoms with van der Waals surface area (Å²) in [6.07, 6.45) is 0. The van der Waals surface area contributed by atoms with E-state index in [-0.39, 0.29) is 31.0 Å². The number of nitrogens with one attached hydrogen (secondary N) is 1. The van der Waals surface area contributed by atoms with Gasteiger partial charge in [-0.15, -0.1) is 0 Å². The van der Waals surface area contributed by atoms with E-state index in [1.807, 2.05) is 40.7 Å². The molecule has 1 N–H and O–H groups in total. The number of carbonyl (C=O) groups is 2. The van der Waals surface area contributed by atoms with Crippen LogP contribution in [0.1, 0.15) is 43.0 Å². The first kappa shape index (κ1) is 25.0. The van der Waals surface area contributed by atoms with Crippen LogP contribution in [0.25, 0.3) is 0 Å². The molecular weight excluding hydrogens is 435 g/mol. The molecule has 0 bridgehead atoms. The Labute approximate surface area is 194 Å². The van der Waals surface area contributed by atoms with Gasteiger partial charge in [0.15, 0.2) is 6.61 Å². The van der Waals surface area contributed by atoms with Gasteiger partial charge >= 0.3 is 0 Å². The van der Waals surface area contributed by atoms with Crippen LogP contribution in [0.5, 0.6) is 5.75 Å². The summed E-state index contributed by atoms with van der Waals surface area (Å²) in [6.45, 7) is 11.4. The largest absolute Gasteiger partial charge is 0.483 e. The Morgan fingerprint density at radius 1 is 1.06 bits per heavy atom. The minimum absolute atomic E-state index is 0.0415. The van der Waals surface area contributed by atoms with Gasteiger partial charge in [-0.05, 0) is 82.0 Å². The van der Waals surface area contributed by atoms with Crippen LogP contribution < -0.4 is 10.1 Å². The zero-order chi connectivity index (χ0) is 23.3. The van der Waals surface area contributed by atoms with Crippen molar-refractivity contribution in [3.05, 3.63) is 62.6 Å². The molecule has 2 aromatic carbocycles. The summed E-state index contributed by atoms with van der Waals surface area (Å²) in [5.74, 6) is 0.113. The predicted octanol–water partition coefficient (Wildman–Crippen LogP) is 5.24. The van der Waals surface area contributed by atoms with Gasteiger partial charge in [0.25, 0.3) is 5.91 Å². The van der Waals surface area contributed by atoms with Gasteiger partial charge in [0, 0.05) is 22.6 Å². The number of hydrogen-bond donors (Lipinski definition) is 1. The van der Waals surface area contributed by atoms with E-state index in [0.29, 0.717) is 21.4 Å². The summed E-state index contributed by atoms with van der Waals surface area (Å²) >= 11 is 12.3. The highest BCUT2D eigenvalue weighted by Crippen LogP contribution is 2.25. The average Bonchev–Trinajstić information content (AvgIpc) is 2.67. The molecule has 168 valence electrons. The number of nitrogens with zero attached hydrogens (tertiary/aromatic N) is 1. The molecule has 2 rings (SSSR count). The highest BCUT2D eigenvalue weighted by molar-refractivity contribution is 6.35. The molecule has 2 aromatic rings. The van der Waals surface area contributed by atoms with E-state index >= 15 is 0 Å². The summed E-state index contributed by atoms with van der Waals surface area (Å²) in [5.41, 5.74) is 3.83. The molecule has 1 atom stereocenters. The number of benzene rings is 2. The maximum absolute atomic E-state index is 13.2. The molecule has 5 nitrogen and oxygen atoms in total. The Kier molecular flexibility index (Phi) is 8.78. The van der Waals surface area contributed by atoms with Crippen LogP contribution >= 0.6 is 23.2 Å². The van der Waals surface area contributed by atoms with Gasteiger partial charge in [-0.2, -0.15) is 0 Å². The summed E-state index contributed by atoms with van der Waals surface area (Å²) in [7, 11) is 0. The number of carbonyl (C=O) groups excluding carboxylic acids is 2. The van der Waals surface area contributed by atoms with Gasteiger partial charge < -0.3 is 15.0 Å². The maximum atomic E-state index is 13.2. The number of ether oxygens (including phenoxy) is 1. The third-order valence-corrected chi connectivity index (χ3v) is 5.66. The molecule has 0 fully saturated rings. The first-order valence-electron chi connectivity index (χ1n) is 10.2. The maximum Gasteiger partial charge on any atom is 0.261 e. The molecule has 0 aliphatic heterocycles. The van der Waals surface area contributed by atoms with Gasteiger partial charge in [-0.25, -0.2) is 0 Å². The van der Waals surface area contributed by atoms with E-state index in [1.165, 1.54) is 4.90 Å². The van der Waals surface area contributed by atoms with E-state index in [1.54, 1.807) is 25.1 Å². The fourth-order valence-electron chi connectivity index (χ4n) is 3.19. The summed E-state index contributed by atoms with van der Waals surface area (Å²) in [5, 5.41) is 3.80. The number of halogens is 2. The molecule has 0 aliphatic rings. The van der Waals surface area contributed by atoms with Crippen molar-refractivity contribution in [2.75, 3.05) is 6.61 Å². The van der Waals surface area contributed by atoms with Crippen LogP contribution in [0.4, 0.5) is 0 Å². The molecule has 0 aliphatic carbocycles. The fraction of sp³-hybridized carbons (Fsp3) is 0.417. The average molecular weight is 465 g/mol. The molecule has 0 spiro atoms. The van der Waals surface area contributed by atoms with E-state index in [0.717, 1.165) is 16.7 Å². The van der Waals surface area contributed by atoms with Gasteiger partial charge in [-0.1, -0.05) is 35.3 Å². The Hall–Kier alpha value is -2.24. The number of aryl methyl sites for hydroxylation is 2. The Morgan fingerprint density at radius 3 is 2.35 bits per heavy atom. The van der Waals surface area contributed by atoms with E-state index in [4.69, 9.17) is 27.9 Å².